The van der Waals surface area contributed by atoms with Gasteiger partial charge < -0.3 is 20.1 Å². The van der Waals surface area contributed by atoms with Crippen molar-refractivity contribution in [2.24, 2.45) is 0 Å². The fourth-order valence-electron chi connectivity index (χ4n) is 3.05. The Bertz CT molecular complexity index is 1190. The third kappa shape index (κ3) is 7.34. The first-order chi connectivity index (χ1) is 16.4. The van der Waals surface area contributed by atoms with E-state index in [0.29, 0.717) is 23.5 Å². The molecule has 0 bridgehead atoms. The largest absolute Gasteiger partial charge is 0.497 e. The Morgan fingerprint density at radius 3 is 2.47 bits per heavy atom. The number of esters is 1. The van der Waals surface area contributed by atoms with Crippen LogP contribution < -0.4 is 15.4 Å². The minimum Gasteiger partial charge on any atom is -0.497 e. The zero-order chi connectivity index (χ0) is 24.3. The molecular formula is C27H26N2O5. The highest BCUT2D eigenvalue weighted by Crippen LogP contribution is 2.16. The molecule has 0 unspecified atom stereocenters. The molecule has 174 valence electrons. The van der Waals surface area contributed by atoms with Gasteiger partial charge in [-0.15, -0.1) is 0 Å². The topological polar surface area (TPSA) is 93.7 Å². The summed E-state index contributed by atoms with van der Waals surface area (Å²) in [6.45, 7) is 1.87. The van der Waals surface area contributed by atoms with Crippen LogP contribution >= 0.6 is 0 Å². The second-order valence-electron chi connectivity index (χ2n) is 7.48. The Labute approximate surface area is 198 Å². The molecule has 0 aromatic heterocycles. The van der Waals surface area contributed by atoms with Crippen LogP contribution in [0.15, 0.2) is 78.9 Å². The highest BCUT2D eigenvalue weighted by molar-refractivity contribution is 6.04. The van der Waals surface area contributed by atoms with Crippen LogP contribution in [0.1, 0.15) is 27.0 Å². The second-order valence-corrected chi connectivity index (χ2v) is 7.48. The average Bonchev–Trinajstić information content (AvgIpc) is 2.86. The van der Waals surface area contributed by atoms with E-state index in [9.17, 15) is 14.4 Å². The average molecular weight is 459 g/mol. The van der Waals surface area contributed by atoms with Crippen LogP contribution in [0.2, 0.25) is 0 Å². The van der Waals surface area contributed by atoms with Crippen LogP contribution in [0.4, 0.5) is 5.69 Å². The molecule has 0 fully saturated rings. The Balaban J connectivity index is 1.52. The van der Waals surface area contributed by atoms with Crippen molar-refractivity contribution in [2.75, 3.05) is 19.0 Å². The maximum absolute atomic E-state index is 12.7. The summed E-state index contributed by atoms with van der Waals surface area (Å²) in [4.78, 5) is 36.9. The Kier molecular flexibility index (Phi) is 8.57. The quantitative estimate of drug-likeness (QED) is 0.372. The lowest BCUT2D eigenvalue weighted by atomic mass is 10.1. The molecule has 0 aliphatic heterocycles. The van der Waals surface area contributed by atoms with E-state index in [4.69, 9.17) is 9.47 Å². The molecule has 0 heterocycles. The second kappa shape index (κ2) is 12.0. The molecule has 3 aromatic carbocycles. The molecular weight excluding hydrogens is 432 g/mol. The van der Waals surface area contributed by atoms with E-state index < -0.39 is 18.5 Å². The van der Waals surface area contributed by atoms with Gasteiger partial charge in [0.1, 0.15) is 5.75 Å². The van der Waals surface area contributed by atoms with E-state index in [2.05, 4.69) is 10.6 Å². The summed E-state index contributed by atoms with van der Waals surface area (Å²) in [5.74, 6) is -0.879. The van der Waals surface area contributed by atoms with Crippen molar-refractivity contribution < 1.29 is 23.9 Å². The molecule has 0 saturated heterocycles. The minimum atomic E-state index is -0.665. The van der Waals surface area contributed by atoms with Crippen molar-refractivity contribution in [2.45, 2.75) is 13.5 Å². The standard InChI is InChI=1S/C27H26N2O5/c1-19-10-12-21(13-11-19)17-28-27(32)23-8-3-4-9-24(23)29-25(30)18-34-26(31)15-14-20-6-5-7-22(16-20)33-2/h3-16H,17-18H2,1-2H3,(H,28,32)(H,29,30)/b15-14+. The zero-order valence-electron chi connectivity index (χ0n) is 19.0. The molecule has 0 atom stereocenters. The molecule has 7 heteroatoms. The van der Waals surface area contributed by atoms with Crippen molar-refractivity contribution in [3.05, 3.63) is 101 Å². The molecule has 0 aliphatic rings. The molecule has 3 aromatic rings. The summed E-state index contributed by atoms with van der Waals surface area (Å²) in [6.07, 6.45) is 2.80. The van der Waals surface area contributed by atoms with Crippen molar-refractivity contribution >= 4 is 29.5 Å². The minimum absolute atomic E-state index is 0.312. The van der Waals surface area contributed by atoms with Gasteiger partial charge in [-0.25, -0.2) is 4.79 Å². The lowest BCUT2D eigenvalue weighted by Gasteiger charge is -2.11. The third-order valence-electron chi connectivity index (χ3n) is 4.87. The smallest absolute Gasteiger partial charge is 0.331 e. The summed E-state index contributed by atoms with van der Waals surface area (Å²) < 4.78 is 10.1. The van der Waals surface area contributed by atoms with Crippen molar-refractivity contribution in [3.63, 3.8) is 0 Å². The molecule has 34 heavy (non-hydrogen) atoms. The highest BCUT2D eigenvalue weighted by Gasteiger charge is 2.14. The van der Waals surface area contributed by atoms with E-state index in [0.717, 1.165) is 16.7 Å². The number of rotatable bonds is 9. The molecule has 0 radical (unpaired) electrons. The number of methoxy groups -OCH3 is 1. The van der Waals surface area contributed by atoms with Gasteiger partial charge in [-0.05, 0) is 48.4 Å². The lowest BCUT2D eigenvalue weighted by molar-refractivity contribution is -0.142. The van der Waals surface area contributed by atoms with Gasteiger partial charge in [0.25, 0.3) is 11.8 Å². The Hall–Kier alpha value is -4.39. The van der Waals surface area contributed by atoms with Crippen molar-refractivity contribution in [1.29, 1.82) is 0 Å². The fraction of sp³-hybridized carbons (Fsp3) is 0.148. The van der Waals surface area contributed by atoms with Crippen LogP contribution in [0.3, 0.4) is 0 Å². The van der Waals surface area contributed by atoms with Gasteiger partial charge in [-0.3, -0.25) is 9.59 Å². The number of carbonyl (C=O) groups is 3. The zero-order valence-corrected chi connectivity index (χ0v) is 19.0. The molecule has 0 saturated carbocycles. The van der Waals surface area contributed by atoms with Crippen molar-refractivity contribution in [1.82, 2.24) is 5.32 Å². The van der Waals surface area contributed by atoms with E-state index in [1.54, 1.807) is 61.7 Å². The fourth-order valence-corrected chi connectivity index (χ4v) is 3.05. The van der Waals surface area contributed by atoms with Crippen LogP contribution in [-0.4, -0.2) is 31.5 Å². The number of benzene rings is 3. The molecule has 2 N–H and O–H groups in total. The number of aryl methyl sites for hydroxylation is 1. The van der Waals surface area contributed by atoms with Crippen LogP contribution in [0.25, 0.3) is 6.08 Å². The summed E-state index contributed by atoms with van der Waals surface area (Å²) in [5, 5.41) is 5.47. The number of anilines is 1. The number of para-hydroxylation sites is 1. The normalized spacial score (nSPS) is 10.5. The molecule has 3 rings (SSSR count). The van der Waals surface area contributed by atoms with Crippen molar-refractivity contribution in [3.8, 4) is 5.75 Å². The summed E-state index contributed by atoms with van der Waals surface area (Å²) in [6, 6.07) is 21.6. The van der Waals surface area contributed by atoms with Crippen LogP contribution in [-0.2, 0) is 20.9 Å². The number of nitrogens with one attached hydrogen (secondary N) is 2. The van der Waals surface area contributed by atoms with E-state index in [-0.39, 0.29) is 5.91 Å². The SMILES string of the molecule is COc1cccc(/C=C/C(=O)OCC(=O)Nc2ccccc2C(=O)NCc2ccc(C)cc2)c1. The van der Waals surface area contributed by atoms with Gasteiger partial charge in [0, 0.05) is 12.6 Å². The Morgan fingerprint density at radius 1 is 0.941 bits per heavy atom. The first-order valence-corrected chi connectivity index (χ1v) is 10.7. The van der Waals surface area contributed by atoms with Gasteiger partial charge >= 0.3 is 5.97 Å². The first kappa shape index (κ1) is 24.3. The maximum Gasteiger partial charge on any atom is 0.331 e. The predicted octanol–water partition coefficient (Wildman–Crippen LogP) is 4.13. The summed E-state index contributed by atoms with van der Waals surface area (Å²) in [7, 11) is 1.56. The van der Waals surface area contributed by atoms with Gasteiger partial charge in [0.05, 0.1) is 18.4 Å². The van der Waals surface area contributed by atoms with E-state index in [1.165, 1.54) is 6.08 Å². The summed E-state index contributed by atoms with van der Waals surface area (Å²) in [5.41, 5.74) is 3.50. The molecule has 7 nitrogen and oxygen atoms in total. The highest BCUT2D eigenvalue weighted by atomic mass is 16.5. The predicted molar refractivity (Wildman–Crippen MR) is 130 cm³/mol. The first-order valence-electron chi connectivity index (χ1n) is 10.7. The van der Waals surface area contributed by atoms with Crippen LogP contribution in [0, 0.1) is 6.92 Å². The number of amides is 2. The van der Waals surface area contributed by atoms with E-state index in [1.807, 2.05) is 31.2 Å². The monoisotopic (exact) mass is 458 g/mol. The number of hydrogen-bond donors (Lipinski definition) is 2. The maximum atomic E-state index is 12.7. The number of hydrogen-bond acceptors (Lipinski definition) is 5. The summed E-state index contributed by atoms with van der Waals surface area (Å²) >= 11 is 0. The van der Waals surface area contributed by atoms with Gasteiger partial charge in [0.2, 0.25) is 0 Å². The van der Waals surface area contributed by atoms with Crippen LogP contribution in [0.5, 0.6) is 5.75 Å². The number of carbonyl (C=O) groups excluding carboxylic acids is 3. The third-order valence-corrected chi connectivity index (χ3v) is 4.87. The van der Waals surface area contributed by atoms with E-state index >= 15 is 0 Å². The van der Waals surface area contributed by atoms with Gasteiger partial charge in [0.15, 0.2) is 6.61 Å². The Morgan fingerprint density at radius 2 is 1.71 bits per heavy atom. The number of ether oxygens (including phenoxy) is 2. The molecule has 2 amide bonds. The molecule has 0 aliphatic carbocycles. The van der Waals surface area contributed by atoms with Gasteiger partial charge in [-0.2, -0.15) is 0 Å². The molecule has 0 spiro atoms. The van der Waals surface area contributed by atoms with Gasteiger partial charge in [-0.1, -0.05) is 54.1 Å². The lowest BCUT2D eigenvalue weighted by Crippen LogP contribution is -2.26.